The van der Waals surface area contributed by atoms with Crippen LogP contribution in [-0.2, 0) is 9.47 Å². The molecular weight excluding hydrogens is 360 g/mol. The molecule has 0 saturated carbocycles. The smallest absolute Gasteiger partial charge is 0.339 e. The number of phenolic OH excluding ortho intramolecular Hbond substituents is 1. The average molecular weight is 382 g/mol. The number of phenols is 1. The van der Waals surface area contributed by atoms with Gasteiger partial charge in [-0.25, -0.2) is 4.79 Å². The molecule has 4 N–H and O–H groups in total. The summed E-state index contributed by atoms with van der Waals surface area (Å²) in [6.07, 6.45) is -4.97. The van der Waals surface area contributed by atoms with Gasteiger partial charge in [0.15, 0.2) is 17.6 Å². The average Bonchev–Trinajstić information content (AvgIpc) is 2.63. The van der Waals surface area contributed by atoms with E-state index < -0.39 is 48.8 Å². The standard InChI is InChI=1S/C18H22O9/c1-7(2)6-25-9-4-8-11(13(21)15(9)24-3)16-17(27-18(8)23)14(22)12(20)10(5-19)26-16/h4,6,10,12,14,16-17,19-22H,5H2,1-3H3/t10-,12-,14+,16+,17-/m1/s1. The number of aliphatic hydroxyl groups is 3. The summed E-state index contributed by atoms with van der Waals surface area (Å²) in [5, 5.41) is 40.4. The van der Waals surface area contributed by atoms with Gasteiger partial charge in [-0.15, -0.1) is 0 Å². The minimum atomic E-state index is -1.50. The van der Waals surface area contributed by atoms with Crippen molar-refractivity contribution in [2.24, 2.45) is 0 Å². The molecule has 1 saturated heterocycles. The van der Waals surface area contributed by atoms with Gasteiger partial charge in [0, 0.05) is 5.56 Å². The van der Waals surface area contributed by atoms with Crippen LogP contribution in [0.4, 0.5) is 0 Å². The van der Waals surface area contributed by atoms with Crippen molar-refractivity contribution in [3.8, 4) is 17.2 Å². The number of hydrogen-bond acceptors (Lipinski definition) is 9. The molecular formula is C18H22O9. The minimum absolute atomic E-state index is 0.0213. The number of fused-ring (bicyclic) bond motifs is 3. The first-order chi connectivity index (χ1) is 12.8. The molecule has 9 heteroatoms. The predicted octanol–water partition coefficient (Wildman–Crippen LogP) is 0.396. The highest BCUT2D eigenvalue weighted by Crippen LogP contribution is 2.50. The molecule has 0 spiro atoms. The molecule has 0 aliphatic carbocycles. The summed E-state index contributed by atoms with van der Waals surface area (Å²) in [6, 6.07) is 1.35. The lowest BCUT2D eigenvalue weighted by atomic mass is 9.86. The number of hydrogen-bond donors (Lipinski definition) is 4. The zero-order valence-corrected chi connectivity index (χ0v) is 15.1. The van der Waals surface area contributed by atoms with Crippen molar-refractivity contribution in [1.82, 2.24) is 0 Å². The van der Waals surface area contributed by atoms with Crippen LogP contribution in [0.3, 0.4) is 0 Å². The maximum Gasteiger partial charge on any atom is 0.339 e. The van der Waals surface area contributed by atoms with Gasteiger partial charge in [-0.2, -0.15) is 0 Å². The summed E-state index contributed by atoms with van der Waals surface area (Å²) in [4.78, 5) is 12.4. The first kappa shape index (κ1) is 19.4. The van der Waals surface area contributed by atoms with Crippen LogP contribution in [0.15, 0.2) is 17.9 Å². The fraction of sp³-hybridized carbons (Fsp3) is 0.500. The molecule has 5 atom stereocenters. The van der Waals surface area contributed by atoms with Crippen molar-refractivity contribution in [2.75, 3.05) is 13.7 Å². The first-order valence-corrected chi connectivity index (χ1v) is 8.37. The molecule has 27 heavy (non-hydrogen) atoms. The van der Waals surface area contributed by atoms with Gasteiger partial charge >= 0.3 is 5.97 Å². The van der Waals surface area contributed by atoms with Gasteiger partial charge in [0.05, 0.1) is 25.5 Å². The van der Waals surface area contributed by atoms with Crippen molar-refractivity contribution >= 4 is 5.97 Å². The first-order valence-electron chi connectivity index (χ1n) is 8.37. The molecule has 2 aliphatic heterocycles. The Hall–Kier alpha value is -2.33. The van der Waals surface area contributed by atoms with Crippen molar-refractivity contribution in [2.45, 2.75) is 44.4 Å². The number of allylic oxidation sites excluding steroid dienone is 1. The van der Waals surface area contributed by atoms with Gasteiger partial charge in [0.25, 0.3) is 0 Å². The van der Waals surface area contributed by atoms with E-state index in [9.17, 15) is 25.2 Å². The van der Waals surface area contributed by atoms with Crippen molar-refractivity contribution in [3.05, 3.63) is 29.0 Å². The summed E-state index contributed by atoms with van der Waals surface area (Å²) in [6.45, 7) is 3.05. The molecule has 9 nitrogen and oxygen atoms in total. The Morgan fingerprint density at radius 3 is 2.59 bits per heavy atom. The Kier molecular flexibility index (Phi) is 5.29. The van der Waals surface area contributed by atoms with Crippen LogP contribution in [0.1, 0.15) is 35.9 Å². The number of methoxy groups -OCH3 is 1. The lowest BCUT2D eigenvalue weighted by Gasteiger charge is -2.44. The van der Waals surface area contributed by atoms with Gasteiger partial charge in [-0.3, -0.25) is 0 Å². The Labute approximate surface area is 155 Å². The van der Waals surface area contributed by atoms with Gasteiger partial charge in [0.1, 0.15) is 24.4 Å². The Morgan fingerprint density at radius 1 is 1.30 bits per heavy atom. The second-order valence-corrected chi connectivity index (χ2v) is 6.66. The van der Waals surface area contributed by atoms with Crippen molar-refractivity contribution < 1.29 is 44.2 Å². The lowest BCUT2D eigenvalue weighted by Crippen LogP contribution is -2.58. The van der Waals surface area contributed by atoms with E-state index in [0.29, 0.717) is 0 Å². The van der Waals surface area contributed by atoms with Gasteiger partial charge in [-0.1, -0.05) is 0 Å². The summed E-state index contributed by atoms with van der Waals surface area (Å²) >= 11 is 0. The van der Waals surface area contributed by atoms with Gasteiger partial charge < -0.3 is 39.4 Å². The number of benzene rings is 1. The quantitative estimate of drug-likeness (QED) is 0.431. The van der Waals surface area contributed by atoms with Crippen LogP contribution >= 0.6 is 0 Å². The van der Waals surface area contributed by atoms with E-state index in [0.717, 1.165) is 5.57 Å². The number of esters is 1. The highest BCUT2D eigenvalue weighted by atomic mass is 16.6. The molecule has 1 aromatic rings. The van der Waals surface area contributed by atoms with Gasteiger partial charge in [-0.05, 0) is 25.5 Å². The molecule has 2 heterocycles. The third kappa shape index (κ3) is 3.23. The summed E-state index contributed by atoms with van der Waals surface area (Å²) in [5.74, 6) is -1.15. The molecule has 2 aliphatic rings. The molecule has 0 aromatic heterocycles. The van der Waals surface area contributed by atoms with Crippen LogP contribution in [-0.4, -0.2) is 64.5 Å². The monoisotopic (exact) mass is 382 g/mol. The van der Waals surface area contributed by atoms with Crippen LogP contribution in [0.5, 0.6) is 17.2 Å². The molecule has 0 radical (unpaired) electrons. The molecule has 0 unspecified atom stereocenters. The Morgan fingerprint density at radius 2 is 2.00 bits per heavy atom. The minimum Gasteiger partial charge on any atom is -0.504 e. The van der Waals surface area contributed by atoms with E-state index in [1.54, 1.807) is 13.8 Å². The van der Waals surface area contributed by atoms with Gasteiger partial charge in [0.2, 0.25) is 5.75 Å². The molecule has 148 valence electrons. The summed E-state index contributed by atoms with van der Waals surface area (Å²) < 4.78 is 21.5. The second kappa shape index (κ2) is 7.35. The molecule has 1 fully saturated rings. The molecule has 3 rings (SSSR count). The van der Waals surface area contributed by atoms with Crippen LogP contribution in [0.2, 0.25) is 0 Å². The fourth-order valence-corrected chi connectivity index (χ4v) is 3.21. The highest BCUT2D eigenvalue weighted by Gasteiger charge is 2.52. The molecule has 0 bridgehead atoms. The van der Waals surface area contributed by atoms with E-state index in [-0.39, 0.29) is 22.6 Å². The normalized spacial score (nSPS) is 29.3. The Balaban J connectivity index is 2.13. The number of carbonyl (C=O) groups excluding carboxylic acids is 1. The maximum absolute atomic E-state index is 12.4. The van der Waals surface area contributed by atoms with Crippen molar-refractivity contribution in [3.63, 3.8) is 0 Å². The van der Waals surface area contributed by atoms with Crippen molar-refractivity contribution in [1.29, 1.82) is 0 Å². The maximum atomic E-state index is 12.4. The van der Waals surface area contributed by atoms with E-state index in [1.165, 1.54) is 19.4 Å². The highest BCUT2D eigenvalue weighted by molar-refractivity contribution is 5.95. The second-order valence-electron chi connectivity index (χ2n) is 6.66. The van der Waals surface area contributed by atoms with E-state index in [2.05, 4.69) is 0 Å². The number of rotatable bonds is 4. The number of ether oxygens (including phenoxy) is 4. The summed E-state index contributed by atoms with van der Waals surface area (Å²) in [7, 11) is 1.33. The number of aliphatic hydroxyl groups excluding tert-OH is 3. The molecule has 1 aromatic carbocycles. The summed E-state index contributed by atoms with van der Waals surface area (Å²) in [5.41, 5.74) is 0.865. The van der Waals surface area contributed by atoms with Crippen LogP contribution in [0.25, 0.3) is 0 Å². The predicted molar refractivity (Wildman–Crippen MR) is 90.6 cm³/mol. The lowest BCUT2D eigenvalue weighted by molar-refractivity contribution is -0.235. The largest absolute Gasteiger partial charge is 0.504 e. The zero-order chi connectivity index (χ0) is 19.9. The number of aromatic hydroxyl groups is 1. The van der Waals surface area contributed by atoms with E-state index >= 15 is 0 Å². The Bertz CT molecular complexity index is 769. The molecule has 0 amide bonds. The fourth-order valence-electron chi connectivity index (χ4n) is 3.21. The van der Waals surface area contributed by atoms with Crippen LogP contribution < -0.4 is 9.47 Å². The topological polar surface area (TPSA) is 135 Å². The van der Waals surface area contributed by atoms with Crippen LogP contribution in [0, 0.1) is 0 Å². The zero-order valence-electron chi connectivity index (χ0n) is 15.1. The SMILES string of the molecule is COc1c(OC=C(C)C)cc2c(c1O)[C@@H]1O[C@H](CO)[C@@H](O)[C@H](O)[C@H]1OC2=O. The number of carbonyl (C=O) groups is 1. The third-order valence-corrected chi connectivity index (χ3v) is 4.50. The van der Waals surface area contributed by atoms with E-state index in [1.807, 2.05) is 0 Å². The third-order valence-electron chi connectivity index (χ3n) is 4.50. The van der Waals surface area contributed by atoms with E-state index in [4.69, 9.17) is 18.9 Å².